The van der Waals surface area contributed by atoms with Gasteiger partial charge in [0.15, 0.2) is 11.4 Å². The number of aliphatic hydroxyl groups is 3. The average Bonchev–Trinajstić information content (AvgIpc) is 3.43. The summed E-state index contributed by atoms with van der Waals surface area (Å²) in [5.41, 5.74) is 3.33. The number of carbonyl (C=O) groups is 4. The summed E-state index contributed by atoms with van der Waals surface area (Å²) >= 11 is 0. The summed E-state index contributed by atoms with van der Waals surface area (Å²) in [6.07, 6.45) is 2.15. The van der Waals surface area contributed by atoms with Gasteiger partial charge in [-0.15, -0.1) is 0 Å². The van der Waals surface area contributed by atoms with E-state index in [4.69, 9.17) is 10.5 Å². The number of phenols is 1. The fourth-order valence-electron chi connectivity index (χ4n) is 6.95. The van der Waals surface area contributed by atoms with Crippen LogP contribution in [0.15, 0.2) is 39.7 Å². The maximum absolute atomic E-state index is 14.1. The number of nitrogens with one attached hydrogen (secondary N) is 1. The number of anilines is 1. The highest BCUT2D eigenvalue weighted by atomic mass is 16.5. The van der Waals surface area contributed by atoms with Crippen molar-refractivity contribution in [2.24, 2.45) is 22.6 Å². The molecule has 0 saturated heterocycles. The number of primary amides is 1. The van der Waals surface area contributed by atoms with Crippen molar-refractivity contribution in [3.63, 3.8) is 0 Å². The molecule has 1 aliphatic heterocycles. The van der Waals surface area contributed by atoms with Gasteiger partial charge in [-0.25, -0.2) is 4.79 Å². The minimum atomic E-state index is -2.72. The van der Waals surface area contributed by atoms with Crippen LogP contribution in [0.3, 0.4) is 0 Å². The molecule has 0 radical (unpaired) electrons. The van der Waals surface area contributed by atoms with Gasteiger partial charge in [0.25, 0.3) is 5.91 Å². The van der Waals surface area contributed by atoms with Gasteiger partial charge in [-0.05, 0) is 57.5 Å². The summed E-state index contributed by atoms with van der Waals surface area (Å²) in [4.78, 5) is 59.4. The number of ketones is 2. The molecule has 0 aromatic heterocycles. The molecule has 1 aromatic rings. The zero-order valence-electron chi connectivity index (χ0n) is 25.7. The summed E-state index contributed by atoms with van der Waals surface area (Å²) in [5, 5.41) is 48.9. The van der Waals surface area contributed by atoms with Gasteiger partial charge in [0.1, 0.15) is 34.4 Å². The zero-order chi connectivity index (χ0) is 33.1. The number of phenolic OH excluding ortho intramolecular Hbond substituents is 1. The number of nitrogens with two attached hydrogens (primary N) is 1. The van der Waals surface area contributed by atoms with Crippen LogP contribution in [0.1, 0.15) is 36.5 Å². The second-order valence-corrected chi connectivity index (χ2v) is 12.0. The van der Waals surface area contributed by atoms with Gasteiger partial charge in [-0.2, -0.15) is 0 Å². The van der Waals surface area contributed by atoms with E-state index in [0.29, 0.717) is 29.1 Å². The highest BCUT2D eigenvalue weighted by Crippen LogP contribution is 2.54. The Morgan fingerprint density at radius 3 is 2.47 bits per heavy atom. The van der Waals surface area contributed by atoms with Crippen LogP contribution in [0, 0.1) is 11.8 Å². The number of fused-ring (bicyclic) bond motifs is 3. The zero-order valence-corrected chi connectivity index (χ0v) is 25.7. The third-order valence-electron chi connectivity index (χ3n) is 8.97. The predicted molar refractivity (Wildman–Crippen MR) is 162 cm³/mol. The molecule has 4 atom stereocenters. The smallest absolute Gasteiger partial charge is 0.354 e. The molecule has 1 amide bonds. The number of amides is 1. The number of aliphatic imine (C=N–C) groups is 1. The Kier molecular flexibility index (Phi) is 8.00. The molecule has 240 valence electrons. The summed E-state index contributed by atoms with van der Waals surface area (Å²) in [7, 11) is 6.67. The summed E-state index contributed by atoms with van der Waals surface area (Å²) in [6, 6.07) is 0.570. The fourth-order valence-corrected chi connectivity index (χ4v) is 6.95. The minimum Gasteiger partial charge on any atom is -0.508 e. The van der Waals surface area contributed by atoms with E-state index in [2.05, 4.69) is 10.3 Å². The molecule has 3 aliphatic carbocycles. The van der Waals surface area contributed by atoms with E-state index in [1.165, 1.54) is 4.90 Å². The lowest BCUT2D eigenvalue weighted by atomic mass is 9.57. The molecule has 45 heavy (non-hydrogen) atoms. The Balaban J connectivity index is 1.60. The van der Waals surface area contributed by atoms with Gasteiger partial charge < -0.3 is 41.1 Å². The van der Waals surface area contributed by atoms with Crippen molar-refractivity contribution in [1.82, 2.24) is 10.2 Å². The lowest BCUT2D eigenvalue weighted by molar-refractivity contribution is -0.153. The van der Waals surface area contributed by atoms with E-state index in [0.717, 1.165) is 0 Å². The number of aromatic hydroxyl groups is 1. The number of rotatable bonds is 7. The van der Waals surface area contributed by atoms with Crippen LogP contribution in [0.5, 0.6) is 5.75 Å². The minimum absolute atomic E-state index is 0.00370. The Morgan fingerprint density at radius 2 is 1.87 bits per heavy atom. The van der Waals surface area contributed by atoms with E-state index in [1.807, 2.05) is 0 Å². The molecule has 1 fully saturated rings. The number of carbonyl (C=O) groups excluding carboxylic acids is 4. The quantitative estimate of drug-likeness (QED) is 0.179. The summed E-state index contributed by atoms with van der Waals surface area (Å²) < 4.78 is 5.00. The highest BCUT2D eigenvalue weighted by molar-refractivity contribution is 6.24. The van der Waals surface area contributed by atoms with E-state index in [9.17, 15) is 39.6 Å². The van der Waals surface area contributed by atoms with Crippen molar-refractivity contribution in [2.75, 3.05) is 39.7 Å². The molecule has 0 spiro atoms. The molecule has 1 saturated carbocycles. The number of hydrogen-bond acceptors (Lipinski definition) is 12. The van der Waals surface area contributed by atoms with Gasteiger partial charge in [-0.3, -0.25) is 24.3 Å². The van der Waals surface area contributed by atoms with Crippen molar-refractivity contribution in [2.45, 2.75) is 44.4 Å². The number of likely N-dealkylation sites (N-methyl/N-ethyl adjacent to an activating group) is 1. The van der Waals surface area contributed by atoms with E-state index in [-0.39, 0.29) is 48.6 Å². The SMILES string of the molecule is CCOC(=O)C1=CCC(=NCc2cc(N(C)C)c3c(c2O)C(O)=C2C(=O)[C@]4(O)C(O)=C(C(N)=O)C(=O)[C@@H](N(C)C)[C@@H]4C[C@@H]2C3)N1. The molecular formula is C31H37N5O9. The van der Waals surface area contributed by atoms with Gasteiger partial charge in [0.2, 0.25) is 5.78 Å². The fraction of sp³-hybridized carbons (Fsp3) is 0.452. The summed E-state index contributed by atoms with van der Waals surface area (Å²) in [6.45, 7) is 1.87. The van der Waals surface area contributed by atoms with Crippen molar-refractivity contribution in [3.8, 4) is 5.75 Å². The van der Waals surface area contributed by atoms with E-state index >= 15 is 0 Å². The Hall–Kier alpha value is -4.69. The Bertz CT molecular complexity index is 1650. The van der Waals surface area contributed by atoms with Gasteiger partial charge in [0, 0.05) is 43.3 Å². The van der Waals surface area contributed by atoms with Gasteiger partial charge >= 0.3 is 5.97 Å². The van der Waals surface area contributed by atoms with E-state index < -0.39 is 64.0 Å². The highest BCUT2D eigenvalue weighted by Gasteiger charge is 2.64. The number of nitrogens with zero attached hydrogens (tertiary/aromatic N) is 3. The molecule has 4 aliphatic rings. The van der Waals surface area contributed by atoms with Gasteiger partial charge in [0.05, 0.1) is 24.8 Å². The average molecular weight is 624 g/mol. The standard InChI is InChI=1S/C31H37N5O9/c1-6-45-30(43)17-7-8-19(34-17)33-12-14-11-18(35(2)3)15-9-13-10-16-23(36(4)5)26(39)22(29(32)42)28(41)31(16,44)27(40)20(13)25(38)21(15)24(14)37/h7,11,13,16,23,37-38,41,44H,6,8-10,12H2,1-5H3,(H2,32,42)(H,33,34)/t13-,16-,23-,31-/m0/s1. The van der Waals surface area contributed by atoms with Crippen LogP contribution in [-0.4, -0.2) is 101 Å². The maximum Gasteiger partial charge on any atom is 0.354 e. The molecule has 0 bridgehead atoms. The van der Waals surface area contributed by atoms with Crippen LogP contribution < -0.4 is 16.0 Å². The largest absolute Gasteiger partial charge is 0.508 e. The van der Waals surface area contributed by atoms with E-state index in [1.54, 1.807) is 52.2 Å². The molecule has 14 nitrogen and oxygen atoms in total. The number of hydrogen-bond donors (Lipinski definition) is 6. The first kappa shape index (κ1) is 31.7. The number of benzene rings is 1. The molecule has 5 rings (SSSR count). The lowest BCUT2D eigenvalue weighted by Gasteiger charge is -2.50. The number of Topliss-reactive ketones (excluding diaryl/α,β-unsaturated/α-hetero) is 2. The Morgan fingerprint density at radius 1 is 1.18 bits per heavy atom. The topological polar surface area (TPSA) is 215 Å². The summed E-state index contributed by atoms with van der Waals surface area (Å²) in [5.74, 6) is -7.11. The maximum atomic E-state index is 14.1. The third-order valence-corrected chi connectivity index (χ3v) is 8.97. The third kappa shape index (κ3) is 4.84. The first-order chi connectivity index (χ1) is 21.1. The predicted octanol–water partition coefficient (Wildman–Crippen LogP) is 0.369. The molecule has 7 N–H and O–H groups in total. The normalized spacial score (nSPS) is 26.8. The van der Waals surface area contributed by atoms with Crippen LogP contribution in [0.2, 0.25) is 0 Å². The molecular weight excluding hydrogens is 586 g/mol. The van der Waals surface area contributed by atoms with Crippen LogP contribution >= 0.6 is 0 Å². The van der Waals surface area contributed by atoms with Crippen LogP contribution in [0.4, 0.5) is 5.69 Å². The molecule has 1 aromatic carbocycles. The lowest BCUT2D eigenvalue weighted by Crippen LogP contribution is -2.65. The molecule has 1 heterocycles. The number of aliphatic hydroxyl groups excluding tert-OH is 2. The van der Waals surface area contributed by atoms with Crippen LogP contribution in [-0.2, 0) is 36.9 Å². The number of ether oxygens (including phenoxy) is 1. The van der Waals surface area contributed by atoms with Crippen LogP contribution in [0.25, 0.3) is 5.76 Å². The van der Waals surface area contributed by atoms with Crippen molar-refractivity contribution >= 4 is 40.7 Å². The second kappa shape index (κ2) is 11.3. The van der Waals surface area contributed by atoms with Gasteiger partial charge in [-0.1, -0.05) is 0 Å². The van der Waals surface area contributed by atoms with Crippen molar-refractivity contribution < 1.29 is 44.3 Å². The number of amidine groups is 1. The molecule has 0 unspecified atom stereocenters. The second-order valence-electron chi connectivity index (χ2n) is 12.0. The van der Waals surface area contributed by atoms with Crippen molar-refractivity contribution in [1.29, 1.82) is 0 Å². The first-order valence-corrected chi connectivity index (χ1v) is 14.5. The number of esters is 1. The monoisotopic (exact) mass is 623 g/mol. The Labute approximate surface area is 259 Å². The first-order valence-electron chi connectivity index (χ1n) is 14.5. The molecule has 14 heteroatoms. The van der Waals surface area contributed by atoms with Crippen molar-refractivity contribution in [3.05, 3.63) is 51.4 Å².